The van der Waals surface area contributed by atoms with Gasteiger partial charge >= 0.3 is 0 Å². The van der Waals surface area contributed by atoms with E-state index in [1.54, 1.807) is 55.6 Å². The summed E-state index contributed by atoms with van der Waals surface area (Å²) in [4.78, 5) is 58.9. The van der Waals surface area contributed by atoms with Crippen LogP contribution in [0, 0.1) is 0 Å². The van der Waals surface area contributed by atoms with Gasteiger partial charge in [0.1, 0.15) is 36.9 Å². The molecule has 4 atom stereocenters. The summed E-state index contributed by atoms with van der Waals surface area (Å²) in [6, 6.07) is 21.4. The van der Waals surface area contributed by atoms with Gasteiger partial charge in [-0.2, -0.15) is 0 Å². The molecule has 4 unspecified atom stereocenters. The Kier molecular flexibility index (Phi) is 13.6. The van der Waals surface area contributed by atoms with Gasteiger partial charge in [-0.25, -0.2) is 0 Å². The molecule has 0 aliphatic carbocycles. The lowest BCUT2D eigenvalue weighted by atomic mass is 9.99. The Morgan fingerprint density at radius 2 is 1.42 bits per heavy atom. The molecule has 1 aliphatic heterocycles. The molecule has 0 radical (unpaired) electrons. The maximum Gasteiger partial charge on any atom is 0.289 e. The molecule has 1 fully saturated rings. The summed E-state index contributed by atoms with van der Waals surface area (Å²) in [5.74, 6) is 0.446. The summed E-state index contributed by atoms with van der Waals surface area (Å²) in [7, 11) is 0. The lowest BCUT2D eigenvalue weighted by Gasteiger charge is -2.25. The molecular formula is C39H42N4O8S2. The Balaban J connectivity index is 1.07. The molecule has 0 saturated carbocycles. The van der Waals surface area contributed by atoms with Crippen molar-refractivity contribution >= 4 is 47.0 Å². The molecule has 3 heterocycles. The van der Waals surface area contributed by atoms with E-state index < -0.39 is 22.2 Å². The van der Waals surface area contributed by atoms with Crippen LogP contribution in [0.25, 0.3) is 0 Å². The fourth-order valence-electron chi connectivity index (χ4n) is 5.52. The van der Waals surface area contributed by atoms with E-state index in [9.17, 15) is 29.4 Å². The zero-order valence-electron chi connectivity index (χ0n) is 29.6. The molecule has 14 heteroatoms. The molecular weight excluding hydrogens is 717 g/mol. The molecule has 0 bridgehead atoms. The summed E-state index contributed by atoms with van der Waals surface area (Å²) in [5.41, 5.74) is 4.39. The molecule has 1 saturated heterocycles. The number of hydrogen-bond acceptors (Lipinski definition) is 12. The first-order valence-electron chi connectivity index (χ1n) is 17.0. The van der Waals surface area contributed by atoms with Crippen LogP contribution < -0.4 is 14.8 Å². The number of carbonyl (C=O) groups excluding carboxylic acids is 4. The van der Waals surface area contributed by atoms with Gasteiger partial charge in [-0.1, -0.05) is 55.1 Å². The first-order chi connectivity index (χ1) is 25.5. The second-order valence-electron chi connectivity index (χ2n) is 12.7. The van der Waals surface area contributed by atoms with E-state index in [1.807, 2.05) is 43.5 Å². The Labute approximate surface area is 316 Å². The van der Waals surface area contributed by atoms with E-state index in [4.69, 9.17) is 9.47 Å². The average molecular weight is 759 g/mol. The normalized spacial score (nSPS) is 16.5. The van der Waals surface area contributed by atoms with Crippen LogP contribution in [0.3, 0.4) is 0 Å². The second-order valence-corrected chi connectivity index (χ2v) is 15.1. The third-order valence-electron chi connectivity index (χ3n) is 8.88. The monoisotopic (exact) mass is 758 g/mol. The van der Waals surface area contributed by atoms with Gasteiger partial charge in [0.15, 0.2) is 0 Å². The second kappa shape index (κ2) is 18.3. The number of imide groups is 2. The predicted octanol–water partition coefficient (Wildman–Crippen LogP) is 5.01. The summed E-state index contributed by atoms with van der Waals surface area (Å²) < 4.78 is 10.7. The number of aliphatic hydroxyl groups excluding tert-OH is 2. The summed E-state index contributed by atoms with van der Waals surface area (Å²) in [5, 5.41) is 22.5. The maximum atomic E-state index is 13.2. The molecule has 3 N–H and O–H groups in total. The van der Waals surface area contributed by atoms with Crippen LogP contribution in [-0.2, 0) is 40.2 Å². The smallest absolute Gasteiger partial charge is 0.289 e. The predicted molar refractivity (Wildman–Crippen MR) is 203 cm³/mol. The van der Waals surface area contributed by atoms with E-state index in [2.05, 4.69) is 15.3 Å². The molecule has 0 spiro atoms. The van der Waals surface area contributed by atoms with E-state index in [1.165, 1.54) is 22.9 Å². The molecule has 53 heavy (non-hydrogen) atoms. The number of nitrogens with one attached hydrogen (secondary N) is 1. The van der Waals surface area contributed by atoms with Crippen LogP contribution >= 0.6 is 23.5 Å². The highest BCUT2D eigenvalue weighted by Gasteiger charge is 2.39. The van der Waals surface area contributed by atoms with Crippen LogP contribution in [0.4, 0.5) is 4.79 Å². The van der Waals surface area contributed by atoms with Crippen molar-refractivity contribution in [1.82, 2.24) is 20.2 Å². The number of carbonyl (C=O) groups is 4. The van der Waals surface area contributed by atoms with Crippen LogP contribution in [0.1, 0.15) is 59.7 Å². The summed E-state index contributed by atoms with van der Waals surface area (Å²) in [6.07, 6.45) is 5.22. The van der Waals surface area contributed by atoms with E-state index in [-0.39, 0.29) is 36.8 Å². The Hall–Kier alpha value is -4.76. The van der Waals surface area contributed by atoms with Crippen LogP contribution in [0.15, 0.2) is 85.2 Å². The third kappa shape index (κ3) is 10.4. The standard InChI is InChI=1S/C39H42N4O8S2/c1-4-25-9-15-31(40-19-25)33(45)22-50-29-11-5-26(6-12-29)17-35-36(47)43(38(49)53-35)21-28-10-16-32(41-20-28)34(46)23-51-30-13-7-27(8-14-30)18-39(2,52-3)37(48)42-24-44/h5-16,19-20,24,33-35,45-46H,4,17-18,21-23H2,1-3H3,(H,42,44,48). The zero-order chi connectivity index (χ0) is 38.0. The highest BCUT2D eigenvalue weighted by molar-refractivity contribution is 8.15. The zero-order valence-corrected chi connectivity index (χ0v) is 31.3. The van der Waals surface area contributed by atoms with Crippen molar-refractivity contribution in [3.8, 4) is 11.5 Å². The fraction of sp³-hybridized carbons (Fsp3) is 0.333. The van der Waals surface area contributed by atoms with Crippen molar-refractivity contribution in [3.05, 3.63) is 119 Å². The number of aryl methyl sites for hydroxylation is 1. The lowest BCUT2D eigenvalue weighted by molar-refractivity contribution is -0.128. The number of ether oxygens (including phenoxy) is 2. The van der Waals surface area contributed by atoms with Gasteiger partial charge in [0.2, 0.25) is 18.2 Å². The van der Waals surface area contributed by atoms with E-state index in [0.29, 0.717) is 47.7 Å². The number of rotatable bonds is 18. The molecule has 12 nitrogen and oxygen atoms in total. The maximum absolute atomic E-state index is 13.2. The van der Waals surface area contributed by atoms with Gasteiger partial charge < -0.3 is 19.7 Å². The Morgan fingerprint density at radius 1 is 0.887 bits per heavy atom. The third-order valence-corrected chi connectivity index (χ3v) is 11.2. The number of pyridine rings is 2. The van der Waals surface area contributed by atoms with Crippen LogP contribution in [0.2, 0.25) is 0 Å². The first-order valence-corrected chi connectivity index (χ1v) is 19.1. The minimum absolute atomic E-state index is 0.0455. The van der Waals surface area contributed by atoms with E-state index in [0.717, 1.165) is 34.9 Å². The molecule has 4 amide bonds. The SMILES string of the molecule is CCc1ccc(C(O)COc2ccc(CC3SC(=O)N(Cc4ccc(C(O)COc5ccc(CC(C)(SC)C(=O)NC=O)cc5)nc4)C3=O)cc2)nc1. The number of aliphatic hydroxyl groups is 2. The van der Waals surface area contributed by atoms with Gasteiger partial charge in [0, 0.05) is 12.4 Å². The van der Waals surface area contributed by atoms with Crippen molar-refractivity contribution in [2.45, 2.75) is 61.9 Å². The fourth-order valence-corrected chi connectivity index (χ4v) is 7.11. The van der Waals surface area contributed by atoms with E-state index >= 15 is 0 Å². The highest BCUT2D eigenvalue weighted by atomic mass is 32.2. The van der Waals surface area contributed by atoms with Gasteiger partial charge in [-0.05, 0) is 91.1 Å². The van der Waals surface area contributed by atoms with Crippen molar-refractivity contribution in [1.29, 1.82) is 0 Å². The molecule has 2 aromatic carbocycles. The summed E-state index contributed by atoms with van der Waals surface area (Å²) >= 11 is 2.35. The largest absolute Gasteiger partial charge is 0.490 e. The minimum atomic E-state index is -1.03. The number of nitrogens with zero attached hydrogens (tertiary/aromatic N) is 3. The summed E-state index contributed by atoms with van der Waals surface area (Å²) in [6.45, 7) is 3.86. The number of benzene rings is 2. The quantitative estimate of drug-likeness (QED) is 0.116. The lowest BCUT2D eigenvalue weighted by Crippen LogP contribution is -2.42. The van der Waals surface area contributed by atoms with Gasteiger partial charge in [-0.15, -0.1) is 11.8 Å². The molecule has 2 aromatic heterocycles. The number of hydrogen-bond donors (Lipinski definition) is 3. The van der Waals surface area contributed by atoms with Gasteiger partial charge in [0.05, 0.1) is 27.9 Å². The molecule has 5 rings (SSSR count). The minimum Gasteiger partial charge on any atom is -0.490 e. The molecule has 1 aliphatic rings. The first kappa shape index (κ1) is 39.4. The molecule has 278 valence electrons. The number of aromatic nitrogens is 2. The van der Waals surface area contributed by atoms with Crippen LogP contribution in [-0.4, -0.2) is 78.0 Å². The van der Waals surface area contributed by atoms with Crippen molar-refractivity contribution in [3.63, 3.8) is 0 Å². The van der Waals surface area contributed by atoms with Crippen LogP contribution in [0.5, 0.6) is 11.5 Å². The van der Waals surface area contributed by atoms with Gasteiger partial charge in [-0.3, -0.25) is 39.4 Å². The average Bonchev–Trinajstić information content (AvgIpc) is 3.44. The topological polar surface area (TPSA) is 168 Å². The highest BCUT2D eigenvalue weighted by Crippen LogP contribution is 2.32. The van der Waals surface area contributed by atoms with Crippen molar-refractivity contribution in [2.75, 3.05) is 19.5 Å². The van der Waals surface area contributed by atoms with Gasteiger partial charge in [0.25, 0.3) is 5.24 Å². The van der Waals surface area contributed by atoms with Crippen molar-refractivity contribution < 1.29 is 38.9 Å². The van der Waals surface area contributed by atoms with Crippen molar-refractivity contribution in [2.24, 2.45) is 0 Å². The number of amides is 4. The Bertz CT molecular complexity index is 1860. The number of thioether (sulfide) groups is 2. The molecule has 4 aromatic rings. The Morgan fingerprint density at radius 3 is 1.91 bits per heavy atom.